The van der Waals surface area contributed by atoms with Gasteiger partial charge in [0.25, 0.3) is 5.91 Å². The van der Waals surface area contributed by atoms with Gasteiger partial charge >= 0.3 is 0 Å². The monoisotopic (exact) mass is 310 g/mol. The van der Waals surface area contributed by atoms with Gasteiger partial charge in [-0.15, -0.1) is 0 Å². The Bertz CT molecular complexity index is 639. The topological polar surface area (TPSA) is 51.2 Å². The number of nitrogens with one attached hydrogen (secondary N) is 1. The number of anilines is 1. The van der Waals surface area contributed by atoms with Crippen molar-refractivity contribution in [3.8, 4) is 5.75 Å². The number of hydrogen-bond donors (Lipinski definition) is 1. The van der Waals surface area contributed by atoms with Gasteiger partial charge in [0.05, 0.1) is 12.8 Å². The molecule has 1 amide bonds. The van der Waals surface area contributed by atoms with E-state index in [2.05, 4.69) is 10.3 Å². The number of halogens is 2. The first kappa shape index (κ1) is 14.6. The van der Waals surface area contributed by atoms with Crippen LogP contribution in [0.5, 0.6) is 5.75 Å². The normalized spacial score (nSPS) is 10.2. The van der Waals surface area contributed by atoms with Crippen LogP contribution in [0.25, 0.3) is 0 Å². The zero-order chi connectivity index (χ0) is 14.7. The SMILES string of the molecule is COc1ccc(Cl)cc1NC(=O)c1cc(C)nc(Cl)c1. The van der Waals surface area contributed by atoms with Gasteiger partial charge in [-0.05, 0) is 37.3 Å². The predicted octanol–water partition coefficient (Wildman–Crippen LogP) is 3.96. The summed E-state index contributed by atoms with van der Waals surface area (Å²) in [6.07, 6.45) is 0. The lowest BCUT2D eigenvalue weighted by atomic mass is 10.2. The molecule has 2 aromatic rings. The molecule has 1 heterocycles. The van der Waals surface area contributed by atoms with Crippen LogP contribution in [-0.4, -0.2) is 18.0 Å². The molecular weight excluding hydrogens is 299 g/mol. The van der Waals surface area contributed by atoms with Crippen molar-refractivity contribution in [3.63, 3.8) is 0 Å². The molecule has 0 radical (unpaired) electrons. The van der Waals surface area contributed by atoms with Gasteiger partial charge in [-0.2, -0.15) is 0 Å². The van der Waals surface area contributed by atoms with Gasteiger partial charge in [-0.1, -0.05) is 23.2 Å². The third kappa shape index (κ3) is 3.40. The number of aromatic nitrogens is 1. The molecule has 1 aromatic carbocycles. The van der Waals surface area contributed by atoms with Crippen molar-refractivity contribution in [2.75, 3.05) is 12.4 Å². The van der Waals surface area contributed by atoms with Gasteiger partial charge in [0.1, 0.15) is 10.9 Å². The van der Waals surface area contributed by atoms with E-state index in [1.807, 2.05) is 0 Å². The number of methoxy groups -OCH3 is 1. The van der Waals surface area contributed by atoms with Crippen LogP contribution < -0.4 is 10.1 Å². The number of aryl methyl sites for hydroxylation is 1. The van der Waals surface area contributed by atoms with E-state index in [4.69, 9.17) is 27.9 Å². The summed E-state index contributed by atoms with van der Waals surface area (Å²) in [5.74, 6) is 0.220. The van der Waals surface area contributed by atoms with Crippen LogP contribution in [0.4, 0.5) is 5.69 Å². The van der Waals surface area contributed by atoms with Crippen LogP contribution in [0.2, 0.25) is 10.2 Å². The molecule has 20 heavy (non-hydrogen) atoms. The van der Waals surface area contributed by atoms with Crippen LogP contribution in [0.15, 0.2) is 30.3 Å². The average molecular weight is 311 g/mol. The molecule has 0 atom stereocenters. The molecule has 1 aromatic heterocycles. The summed E-state index contributed by atoms with van der Waals surface area (Å²) in [6.45, 7) is 1.77. The van der Waals surface area contributed by atoms with Crippen molar-refractivity contribution in [2.45, 2.75) is 6.92 Å². The minimum Gasteiger partial charge on any atom is -0.495 e. The molecule has 0 saturated carbocycles. The second kappa shape index (κ2) is 6.11. The summed E-state index contributed by atoms with van der Waals surface area (Å²) in [6, 6.07) is 8.14. The molecule has 0 unspecified atom stereocenters. The summed E-state index contributed by atoms with van der Waals surface area (Å²) >= 11 is 11.8. The second-order valence-electron chi connectivity index (χ2n) is 4.12. The summed E-state index contributed by atoms with van der Waals surface area (Å²) in [5.41, 5.74) is 1.58. The molecule has 104 valence electrons. The summed E-state index contributed by atoms with van der Waals surface area (Å²) < 4.78 is 5.17. The van der Waals surface area contributed by atoms with Crippen molar-refractivity contribution >= 4 is 34.8 Å². The molecule has 1 N–H and O–H groups in total. The standard InChI is InChI=1S/C14H12Cl2N2O2/c1-8-5-9(6-13(16)17-8)14(19)18-11-7-10(15)3-4-12(11)20-2/h3-7H,1-2H3,(H,18,19). The minimum absolute atomic E-state index is 0.271. The first-order valence-electron chi connectivity index (χ1n) is 5.78. The second-order valence-corrected chi connectivity index (χ2v) is 4.94. The van der Waals surface area contributed by atoms with Crippen molar-refractivity contribution in [1.82, 2.24) is 4.98 Å². The van der Waals surface area contributed by atoms with Gasteiger partial charge in [0.2, 0.25) is 0 Å². The maximum atomic E-state index is 12.2. The van der Waals surface area contributed by atoms with E-state index in [0.717, 1.165) is 0 Å². The molecule has 2 rings (SSSR count). The Labute approximate surface area is 126 Å². The van der Waals surface area contributed by atoms with E-state index in [-0.39, 0.29) is 11.1 Å². The maximum Gasteiger partial charge on any atom is 0.255 e. The van der Waals surface area contributed by atoms with E-state index in [0.29, 0.717) is 27.7 Å². The lowest BCUT2D eigenvalue weighted by Gasteiger charge is -2.11. The van der Waals surface area contributed by atoms with Crippen LogP contribution in [-0.2, 0) is 0 Å². The van der Waals surface area contributed by atoms with Crippen LogP contribution in [0.1, 0.15) is 16.1 Å². The number of hydrogen-bond acceptors (Lipinski definition) is 3. The Kier molecular flexibility index (Phi) is 4.47. The molecule has 0 aliphatic rings. The molecule has 4 nitrogen and oxygen atoms in total. The number of carbonyl (C=O) groups is 1. The van der Waals surface area contributed by atoms with Crippen molar-refractivity contribution < 1.29 is 9.53 Å². The van der Waals surface area contributed by atoms with E-state index in [1.165, 1.54) is 13.2 Å². The van der Waals surface area contributed by atoms with Gasteiger partial charge in [0, 0.05) is 16.3 Å². The van der Waals surface area contributed by atoms with E-state index in [9.17, 15) is 4.79 Å². The molecule has 0 saturated heterocycles. The number of nitrogens with zero attached hydrogens (tertiary/aromatic N) is 1. The molecule has 0 fully saturated rings. The minimum atomic E-state index is -0.307. The third-order valence-corrected chi connectivity index (χ3v) is 3.02. The smallest absolute Gasteiger partial charge is 0.255 e. The van der Waals surface area contributed by atoms with E-state index in [1.54, 1.807) is 31.2 Å². The van der Waals surface area contributed by atoms with Crippen molar-refractivity contribution in [3.05, 3.63) is 51.8 Å². The van der Waals surface area contributed by atoms with Crippen molar-refractivity contribution in [1.29, 1.82) is 0 Å². The number of amides is 1. The summed E-state index contributed by atoms with van der Waals surface area (Å²) in [7, 11) is 1.52. The highest BCUT2D eigenvalue weighted by Gasteiger charge is 2.11. The van der Waals surface area contributed by atoms with E-state index < -0.39 is 0 Å². The highest BCUT2D eigenvalue weighted by atomic mass is 35.5. The average Bonchev–Trinajstić information content (AvgIpc) is 2.37. The number of ether oxygens (including phenoxy) is 1. The zero-order valence-electron chi connectivity index (χ0n) is 10.9. The molecule has 0 spiro atoms. The van der Waals surface area contributed by atoms with Gasteiger partial charge in [0.15, 0.2) is 0 Å². The lowest BCUT2D eigenvalue weighted by molar-refractivity contribution is 0.102. The fourth-order valence-corrected chi connectivity index (χ4v) is 2.15. The largest absolute Gasteiger partial charge is 0.495 e. The highest BCUT2D eigenvalue weighted by molar-refractivity contribution is 6.31. The van der Waals surface area contributed by atoms with Gasteiger partial charge < -0.3 is 10.1 Å². The molecule has 0 bridgehead atoms. The molecule has 0 aliphatic heterocycles. The van der Waals surface area contributed by atoms with Gasteiger partial charge in [-0.3, -0.25) is 4.79 Å². The Morgan fingerprint density at radius 3 is 2.65 bits per heavy atom. The summed E-state index contributed by atoms with van der Waals surface area (Å²) in [4.78, 5) is 16.2. The first-order chi connectivity index (χ1) is 9.49. The maximum absolute atomic E-state index is 12.2. The fraction of sp³-hybridized carbons (Fsp3) is 0.143. The zero-order valence-corrected chi connectivity index (χ0v) is 12.4. The summed E-state index contributed by atoms with van der Waals surface area (Å²) in [5, 5.41) is 3.51. The predicted molar refractivity (Wildman–Crippen MR) is 79.9 cm³/mol. The number of benzene rings is 1. The van der Waals surface area contributed by atoms with Crippen molar-refractivity contribution in [2.24, 2.45) is 0 Å². The Morgan fingerprint density at radius 1 is 1.25 bits per heavy atom. The van der Waals surface area contributed by atoms with E-state index >= 15 is 0 Å². The van der Waals surface area contributed by atoms with Crippen LogP contribution in [0.3, 0.4) is 0 Å². The molecule has 6 heteroatoms. The Morgan fingerprint density at radius 2 is 2.00 bits per heavy atom. The Balaban J connectivity index is 2.29. The number of carbonyl (C=O) groups excluding carboxylic acids is 1. The third-order valence-electron chi connectivity index (χ3n) is 2.59. The molecular formula is C14H12Cl2N2O2. The Hall–Kier alpha value is -1.78. The highest BCUT2D eigenvalue weighted by Crippen LogP contribution is 2.28. The van der Waals surface area contributed by atoms with Crippen LogP contribution in [0, 0.1) is 6.92 Å². The fourth-order valence-electron chi connectivity index (χ4n) is 1.73. The molecule has 0 aliphatic carbocycles. The lowest BCUT2D eigenvalue weighted by Crippen LogP contribution is -2.13. The quantitative estimate of drug-likeness (QED) is 0.873. The number of pyridine rings is 1. The van der Waals surface area contributed by atoms with Crippen LogP contribution >= 0.6 is 23.2 Å². The first-order valence-corrected chi connectivity index (χ1v) is 6.54. The number of rotatable bonds is 3. The van der Waals surface area contributed by atoms with Gasteiger partial charge in [-0.25, -0.2) is 4.98 Å².